The quantitative estimate of drug-likeness (QED) is 0.673. The number of carbonyl (C=O) groups excluding carboxylic acids is 1. The Kier molecular flexibility index (Phi) is 3.53. The van der Waals surface area contributed by atoms with Crippen LogP contribution in [0.3, 0.4) is 0 Å². The molecule has 0 aromatic rings. The van der Waals surface area contributed by atoms with E-state index in [-0.39, 0.29) is 5.91 Å². The summed E-state index contributed by atoms with van der Waals surface area (Å²) in [5, 5.41) is 3.03. The van der Waals surface area contributed by atoms with E-state index in [1.165, 1.54) is 25.7 Å². The highest BCUT2D eigenvalue weighted by molar-refractivity contribution is 5.78. The predicted octanol–water partition coefficient (Wildman–Crippen LogP) is 0.607. The lowest BCUT2D eigenvalue weighted by molar-refractivity contribution is -0.122. The number of rotatable bonds is 3. The molecular weight excluding hydrogens is 152 g/mol. The fourth-order valence-electron chi connectivity index (χ4n) is 1.63. The number of amides is 1. The molecule has 0 spiro atoms. The number of likely N-dealkylation sites (N-methyl/N-ethyl adjacent to an activating group) is 1. The number of hydrogen-bond donors (Lipinski definition) is 1. The molecule has 1 N–H and O–H groups in total. The van der Waals surface area contributed by atoms with Gasteiger partial charge >= 0.3 is 0 Å². The Balaban J connectivity index is 2.16. The first-order valence-electron chi connectivity index (χ1n) is 4.62. The van der Waals surface area contributed by atoms with Gasteiger partial charge in [-0.15, -0.1) is 0 Å². The SMILES string of the molecule is CN(C)CC(=O)NC1CCCC1. The average molecular weight is 170 g/mol. The molecule has 1 rings (SSSR count). The van der Waals surface area contributed by atoms with Gasteiger partial charge in [-0.1, -0.05) is 12.8 Å². The molecule has 70 valence electrons. The minimum Gasteiger partial charge on any atom is -0.352 e. The van der Waals surface area contributed by atoms with Gasteiger partial charge in [0.05, 0.1) is 6.54 Å². The lowest BCUT2D eigenvalue weighted by atomic mass is 10.2. The fourth-order valence-corrected chi connectivity index (χ4v) is 1.63. The largest absolute Gasteiger partial charge is 0.352 e. The molecule has 0 aromatic heterocycles. The zero-order valence-electron chi connectivity index (χ0n) is 7.97. The Morgan fingerprint density at radius 2 is 2.00 bits per heavy atom. The third-order valence-corrected chi connectivity index (χ3v) is 2.18. The van der Waals surface area contributed by atoms with Crippen molar-refractivity contribution in [3.05, 3.63) is 0 Å². The van der Waals surface area contributed by atoms with Crippen LogP contribution in [0.1, 0.15) is 25.7 Å². The second kappa shape index (κ2) is 4.45. The van der Waals surface area contributed by atoms with Crippen molar-refractivity contribution < 1.29 is 4.79 Å². The van der Waals surface area contributed by atoms with E-state index in [4.69, 9.17) is 0 Å². The normalized spacial score (nSPS) is 18.6. The van der Waals surface area contributed by atoms with Gasteiger partial charge in [-0.2, -0.15) is 0 Å². The van der Waals surface area contributed by atoms with Crippen molar-refractivity contribution >= 4 is 5.91 Å². The molecule has 0 radical (unpaired) electrons. The molecule has 1 aliphatic rings. The second-order valence-corrected chi connectivity index (χ2v) is 3.79. The monoisotopic (exact) mass is 170 g/mol. The van der Waals surface area contributed by atoms with Crippen LogP contribution in [0.15, 0.2) is 0 Å². The first kappa shape index (κ1) is 9.52. The van der Waals surface area contributed by atoms with Crippen LogP contribution in [-0.2, 0) is 4.79 Å². The van der Waals surface area contributed by atoms with Crippen molar-refractivity contribution in [1.29, 1.82) is 0 Å². The topological polar surface area (TPSA) is 32.3 Å². The Bertz CT molecular complexity index is 151. The maximum Gasteiger partial charge on any atom is 0.234 e. The van der Waals surface area contributed by atoms with Crippen molar-refractivity contribution in [3.8, 4) is 0 Å². The summed E-state index contributed by atoms with van der Waals surface area (Å²) in [5.74, 6) is 0.159. The van der Waals surface area contributed by atoms with Crippen molar-refractivity contribution in [3.63, 3.8) is 0 Å². The molecule has 12 heavy (non-hydrogen) atoms. The Hall–Kier alpha value is -0.570. The molecule has 1 fully saturated rings. The third kappa shape index (κ3) is 3.22. The Morgan fingerprint density at radius 3 is 2.50 bits per heavy atom. The maximum absolute atomic E-state index is 11.3. The summed E-state index contributed by atoms with van der Waals surface area (Å²) in [5.41, 5.74) is 0. The molecular formula is C9H18N2O. The molecule has 0 saturated heterocycles. The summed E-state index contributed by atoms with van der Waals surface area (Å²) >= 11 is 0. The summed E-state index contributed by atoms with van der Waals surface area (Å²) in [6, 6.07) is 0.456. The van der Waals surface area contributed by atoms with Crippen molar-refractivity contribution in [2.75, 3.05) is 20.6 Å². The molecule has 0 atom stereocenters. The predicted molar refractivity (Wildman–Crippen MR) is 49.0 cm³/mol. The minimum absolute atomic E-state index is 0.159. The van der Waals surface area contributed by atoms with Gasteiger partial charge in [-0.25, -0.2) is 0 Å². The van der Waals surface area contributed by atoms with Gasteiger partial charge in [-0.05, 0) is 26.9 Å². The highest BCUT2D eigenvalue weighted by Gasteiger charge is 2.16. The Morgan fingerprint density at radius 1 is 1.42 bits per heavy atom. The van der Waals surface area contributed by atoms with Crippen LogP contribution in [0.5, 0.6) is 0 Å². The summed E-state index contributed by atoms with van der Waals surface area (Å²) in [6.45, 7) is 0.510. The molecule has 0 unspecified atom stereocenters. The number of carbonyl (C=O) groups is 1. The van der Waals surface area contributed by atoms with Crippen molar-refractivity contribution in [2.45, 2.75) is 31.7 Å². The summed E-state index contributed by atoms with van der Waals surface area (Å²) in [4.78, 5) is 13.1. The van der Waals surface area contributed by atoms with Crippen LogP contribution in [0.4, 0.5) is 0 Å². The fraction of sp³-hybridized carbons (Fsp3) is 0.889. The number of nitrogens with zero attached hydrogens (tertiary/aromatic N) is 1. The van der Waals surface area contributed by atoms with E-state index in [0.717, 1.165) is 0 Å². The molecule has 0 aromatic carbocycles. The van der Waals surface area contributed by atoms with Crippen LogP contribution < -0.4 is 5.32 Å². The molecule has 3 heteroatoms. The molecule has 1 amide bonds. The molecule has 0 heterocycles. The highest BCUT2D eigenvalue weighted by Crippen LogP contribution is 2.17. The van der Waals surface area contributed by atoms with Crippen LogP contribution in [0.25, 0.3) is 0 Å². The van der Waals surface area contributed by atoms with Gasteiger partial charge in [-0.3, -0.25) is 4.79 Å². The van der Waals surface area contributed by atoms with E-state index < -0.39 is 0 Å². The molecule has 0 aliphatic heterocycles. The summed E-state index contributed by atoms with van der Waals surface area (Å²) < 4.78 is 0. The van der Waals surface area contributed by atoms with Crippen molar-refractivity contribution in [1.82, 2.24) is 10.2 Å². The van der Waals surface area contributed by atoms with E-state index in [1.54, 1.807) is 0 Å². The first-order valence-corrected chi connectivity index (χ1v) is 4.62. The molecule has 1 saturated carbocycles. The summed E-state index contributed by atoms with van der Waals surface area (Å²) in [7, 11) is 3.82. The lowest BCUT2D eigenvalue weighted by Crippen LogP contribution is -2.38. The molecule has 3 nitrogen and oxygen atoms in total. The van der Waals surface area contributed by atoms with Crippen LogP contribution in [0, 0.1) is 0 Å². The van der Waals surface area contributed by atoms with Gasteiger partial charge in [0, 0.05) is 6.04 Å². The van der Waals surface area contributed by atoms with Gasteiger partial charge in [0.2, 0.25) is 5.91 Å². The molecule has 0 bridgehead atoms. The average Bonchev–Trinajstić information content (AvgIpc) is 2.37. The molecule has 1 aliphatic carbocycles. The van der Waals surface area contributed by atoms with Gasteiger partial charge < -0.3 is 10.2 Å². The van der Waals surface area contributed by atoms with Crippen LogP contribution in [-0.4, -0.2) is 37.5 Å². The van der Waals surface area contributed by atoms with E-state index in [1.807, 2.05) is 19.0 Å². The van der Waals surface area contributed by atoms with Gasteiger partial charge in [0.25, 0.3) is 0 Å². The third-order valence-electron chi connectivity index (χ3n) is 2.18. The van der Waals surface area contributed by atoms with Gasteiger partial charge in [0.1, 0.15) is 0 Å². The first-order chi connectivity index (χ1) is 5.68. The zero-order chi connectivity index (χ0) is 8.97. The second-order valence-electron chi connectivity index (χ2n) is 3.79. The smallest absolute Gasteiger partial charge is 0.234 e. The van der Waals surface area contributed by atoms with Crippen LogP contribution >= 0.6 is 0 Å². The van der Waals surface area contributed by atoms with Crippen molar-refractivity contribution in [2.24, 2.45) is 0 Å². The van der Waals surface area contributed by atoms with E-state index in [2.05, 4.69) is 5.32 Å². The number of hydrogen-bond acceptors (Lipinski definition) is 2. The minimum atomic E-state index is 0.159. The summed E-state index contributed by atoms with van der Waals surface area (Å²) in [6.07, 6.45) is 4.87. The Labute approximate surface area is 74.1 Å². The van der Waals surface area contributed by atoms with E-state index in [0.29, 0.717) is 12.6 Å². The van der Waals surface area contributed by atoms with E-state index in [9.17, 15) is 4.79 Å². The standard InChI is InChI=1S/C9H18N2O/c1-11(2)7-9(12)10-8-5-3-4-6-8/h8H,3-7H2,1-2H3,(H,10,12). The lowest BCUT2D eigenvalue weighted by Gasteiger charge is -2.14. The van der Waals surface area contributed by atoms with Crippen LogP contribution in [0.2, 0.25) is 0 Å². The number of nitrogens with one attached hydrogen (secondary N) is 1. The van der Waals surface area contributed by atoms with Gasteiger partial charge in [0.15, 0.2) is 0 Å². The highest BCUT2D eigenvalue weighted by atomic mass is 16.2. The van der Waals surface area contributed by atoms with E-state index >= 15 is 0 Å². The maximum atomic E-state index is 11.3. The zero-order valence-corrected chi connectivity index (χ0v) is 7.97.